The third-order valence-corrected chi connectivity index (χ3v) is 4.35. The van der Waals surface area contributed by atoms with Gasteiger partial charge >= 0.3 is 0 Å². The molecule has 0 unspecified atom stereocenters. The quantitative estimate of drug-likeness (QED) is 0.433. The summed E-state index contributed by atoms with van der Waals surface area (Å²) in [6, 6.07) is 13.2. The molecule has 0 aliphatic heterocycles. The lowest BCUT2D eigenvalue weighted by Crippen LogP contribution is -1.83. The van der Waals surface area contributed by atoms with Crippen LogP contribution in [-0.2, 0) is 0 Å². The van der Waals surface area contributed by atoms with Crippen molar-refractivity contribution in [3.05, 3.63) is 56.5 Å². The van der Waals surface area contributed by atoms with E-state index in [4.69, 9.17) is 46.4 Å². The average molecular weight is 314 g/mol. The molecule has 0 spiro atoms. The van der Waals surface area contributed by atoms with E-state index in [-0.39, 0.29) is 0 Å². The van der Waals surface area contributed by atoms with E-state index >= 15 is 0 Å². The van der Waals surface area contributed by atoms with Crippen molar-refractivity contribution in [2.45, 2.75) is 0 Å². The zero-order chi connectivity index (χ0) is 12.9. The van der Waals surface area contributed by atoms with E-state index in [0.717, 1.165) is 21.5 Å². The highest BCUT2D eigenvalue weighted by atomic mass is 35.5. The fourth-order valence-electron chi connectivity index (χ4n) is 1.98. The molecule has 0 N–H and O–H groups in total. The maximum atomic E-state index is 6.25. The van der Waals surface area contributed by atoms with Gasteiger partial charge in [-0.15, -0.1) is 0 Å². The van der Waals surface area contributed by atoms with Crippen LogP contribution < -0.4 is 0 Å². The highest BCUT2D eigenvalue weighted by Crippen LogP contribution is 2.40. The van der Waals surface area contributed by atoms with E-state index in [1.165, 1.54) is 0 Å². The summed E-state index contributed by atoms with van der Waals surface area (Å²) in [7, 11) is 0. The minimum atomic E-state index is 0.372. The molecule has 0 heterocycles. The fourth-order valence-corrected chi connectivity index (χ4v) is 2.79. The number of benzene rings is 3. The molecule has 0 saturated heterocycles. The monoisotopic (exact) mass is 312 g/mol. The topological polar surface area (TPSA) is 0 Å². The van der Waals surface area contributed by atoms with Crippen LogP contribution in [0.25, 0.3) is 21.5 Å². The summed E-state index contributed by atoms with van der Waals surface area (Å²) >= 11 is 24.5. The maximum absolute atomic E-state index is 6.25. The largest absolute Gasteiger partial charge is 0.0820 e. The molecule has 88 valence electrons. The van der Waals surface area contributed by atoms with Gasteiger partial charge in [0.15, 0.2) is 0 Å². The van der Waals surface area contributed by atoms with Crippen LogP contribution in [0.5, 0.6) is 0 Å². The van der Waals surface area contributed by atoms with Gasteiger partial charge in [0.1, 0.15) is 0 Å². The van der Waals surface area contributed by atoms with Crippen molar-refractivity contribution in [3.63, 3.8) is 0 Å². The summed E-state index contributed by atoms with van der Waals surface area (Å²) in [4.78, 5) is 0. The van der Waals surface area contributed by atoms with Crippen molar-refractivity contribution in [1.82, 2.24) is 0 Å². The van der Waals surface area contributed by atoms with Gasteiger partial charge in [-0.3, -0.25) is 0 Å². The van der Waals surface area contributed by atoms with Gasteiger partial charge in [-0.05, 0) is 22.9 Å². The van der Waals surface area contributed by atoms with Crippen molar-refractivity contribution in [1.29, 1.82) is 0 Å². The molecule has 0 saturated carbocycles. The Morgan fingerprint density at radius 1 is 0.667 bits per heavy atom. The normalized spacial score (nSPS) is 11.3. The van der Waals surface area contributed by atoms with E-state index in [2.05, 4.69) is 12.1 Å². The molecule has 2 radical (unpaired) electrons. The Morgan fingerprint density at radius 2 is 1.06 bits per heavy atom. The molecule has 3 aromatic rings. The van der Waals surface area contributed by atoms with Crippen molar-refractivity contribution >= 4 is 67.9 Å². The van der Waals surface area contributed by atoms with Crippen LogP contribution in [0.15, 0.2) is 24.3 Å². The Labute approximate surface area is 124 Å². The van der Waals surface area contributed by atoms with Gasteiger partial charge in [-0.1, -0.05) is 58.5 Å². The zero-order valence-corrected chi connectivity index (χ0v) is 11.8. The molecule has 0 aliphatic carbocycles. The van der Waals surface area contributed by atoms with E-state index < -0.39 is 0 Å². The smallest absolute Gasteiger partial charge is 0.0683 e. The second-order valence-electron chi connectivity index (χ2n) is 3.83. The number of hydrogen-bond acceptors (Lipinski definition) is 0. The van der Waals surface area contributed by atoms with E-state index in [0.29, 0.717) is 20.1 Å². The summed E-state index contributed by atoms with van der Waals surface area (Å²) in [6.07, 6.45) is 0. The van der Waals surface area contributed by atoms with Gasteiger partial charge in [0.25, 0.3) is 0 Å². The van der Waals surface area contributed by atoms with Crippen LogP contribution in [0.2, 0.25) is 20.1 Å². The number of rotatable bonds is 0. The number of halogens is 4. The van der Waals surface area contributed by atoms with Crippen molar-refractivity contribution in [3.8, 4) is 0 Å². The molecule has 0 fully saturated rings. The van der Waals surface area contributed by atoms with Crippen LogP contribution >= 0.6 is 46.4 Å². The van der Waals surface area contributed by atoms with Crippen molar-refractivity contribution in [2.24, 2.45) is 0 Å². The van der Waals surface area contributed by atoms with Gasteiger partial charge in [0, 0.05) is 22.9 Å². The predicted molar refractivity (Wildman–Crippen MR) is 79.2 cm³/mol. The molecule has 3 rings (SSSR count). The summed E-state index contributed by atoms with van der Waals surface area (Å²) in [5.74, 6) is 0. The van der Waals surface area contributed by atoms with E-state index in [1.807, 2.05) is 12.1 Å². The van der Waals surface area contributed by atoms with Crippen molar-refractivity contribution < 1.29 is 0 Å². The van der Waals surface area contributed by atoms with Crippen LogP contribution in [-0.4, -0.2) is 0 Å². The molecular weight excluding hydrogens is 310 g/mol. The average Bonchev–Trinajstić information content (AvgIpc) is 2.38. The van der Waals surface area contributed by atoms with Gasteiger partial charge in [0.2, 0.25) is 0 Å². The SMILES string of the molecule is Clc1[c]cc2ccc3c[c]c(Cl)c(Cl)c3c2c1Cl. The summed E-state index contributed by atoms with van der Waals surface area (Å²) < 4.78 is 0. The first-order chi connectivity index (χ1) is 8.59. The van der Waals surface area contributed by atoms with Crippen LogP contribution in [0, 0.1) is 12.1 Å². The second kappa shape index (κ2) is 4.47. The van der Waals surface area contributed by atoms with Gasteiger partial charge in [-0.2, -0.15) is 0 Å². The zero-order valence-electron chi connectivity index (χ0n) is 8.82. The third-order valence-electron chi connectivity index (χ3n) is 2.80. The highest BCUT2D eigenvalue weighted by Gasteiger charge is 2.12. The number of fused-ring (bicyclic) bond motifs is 3. The minimum Gasteiger partial charge on any atom is -0.0820 e. The second-order valence-corrected chi connectivity index (χ2v) is 5.34. The number of hydrogen-bond donors (Lipinski definition) is 0. The standard InChI is InChI=1S/C14H4Cl4/c15-9-5-3-7-1-2-8-4-6-10(16)14(18)12(8)11(7)13(9)17/h1-4H. The van der Waals surface area contributed by atoms with Crippen LogP contribution in [0.3, 0.4) is 0 Å². The molecule has 3 aromatic carbocycles. The molecule has 0 amide bonds. The lowest BCUT2D eigenvalue weighted by molar-refractivity contribution is 1.74. The molecule has 0 aromatic heterocycles. The van der Waals surface area contributed by atoms with Gasteiger partial charge in [-0.25, -0.2) is 0 Å². The lowest BCUT2D eigenvalue weighted by Gasteiger charge is -2.09. The third kappa shape index (κ3) is 1.76. The maximum Gasteiger partial charge on any atom is 0.0683 e. The Kier molecular flexibility index (Phi) is 3.07. The summed E-state index contributed by atoms with van der Waals surface area (Å²) in [5, 5.41) is 5.03. The minimum absolute atomic E-state index is 0.372. The van der Waals surface area contributed by atoms with Crippen LogP contribution in [0.4, 0.5) is 0 Å². The van der Waals surface area contributed by atoms with E-state index in [9.17, 15) is 0 Å². The van der Waals surface area contributed by atoms with Crippen molar-refractivity contribution in [2.75, 3.05) is 0 Å². The summed E-state index contributed by atoms with van der Waals surface area (Å²) in [5.41, 5.74) is 0. The first kappa shape index (κ1) is 12.4. The Balaban J connectivity index is 2.67. The first-order valence-electron chi connectivity index (χ1n) is 5.07. The van der Waals surface area contributed by atoms with Gasteiger partial charge in [0.05, 0.1) is 20.1 Å². The predicted octanol–water partition coefficient (Wildman–Crippen LogP) is 6.21. The Bertz CT molecular complexity index is 711. The Hall–Kier alpha value is -0.660. The highest BCUT2D eigenvalue weighted by molar-refractivity contribution is 6.50. The molecule has 0 aliphatic rings. The molecule has 0 bridgehead atoms. The molecule has 0 nitrogen and oxygen atoms in total. The lowest BCUT2D eigenvalue weighted by atomic mass is 10.0. The van der Waals surface area contributed by atoms with E-state index in [1.54, 1.807) is 12.1 Å². The fraction of sp³-hybridized carbons (Fsp3) is 0. The van der Waals surface area contributed by atoms with Crippen LogP contribution in [0.1, 0.15) is 0 Å². The van der Waals surface area contributed by atoms with Gasteiger partial charge < -0.3 is 0 Å². The molecule has 0 atom stereocenters. The molecular formula is C14H4Cl4. The molecule has 4 heteroatoms. The Morgan fingerprint density at radius 3 is 1.44 bits per heavy atom. The molecule has 18 heavy (non-hydrogen) atoms. The summed E-state index contributed by atoms with van der Waals surface area (Å²) in [6.45, 7) is 0. The first-order valence-corrected chi connectivity index (χ1v) is 6.58.